The summed E-state index contributed by atoms with van der Waals surface area (Å²) < 4.78 is 27.6. The number of hydrogen-bond donors (Lipinski definition) is 2. The van der Waals surface area contributed by atoms with Crippen molar-refractivity contribution in [2.75, 3.05) is 18.4 Å². The molecule has 0 bridgehead atoms. The number of rotatable bonds is 4. The first-order chi connectivity index (χ1) is 12.3. The maximum absolute atomic E-state index is 13.0. The molecule has 1 amide bonds. The first-order valence-corrected chi connectivity index (χ1v) is 10.3. The second kappa shape index (κ2) is 7.25. The Balaban J connectivity index is 1.91. The van der Waals surface area contributed by atoms with Crippen LogP contribution in [-0.2, 0) is 10.0 Å². The zero-order valence-corrected chi connectivity index (χ0v) is 16.2. The van der Waals surface area contributed by atoms with Crippen molar-refractivity contribution in [1.29, 1.82) is 0 Å². The molecule has 1 aromatic carbocycles. The van der Waals surface area contributed by atoms with Gasteiger partial charge in [-0.25, -0.2) is 8.42 Å². The molecule has 3 rings (SSSR count). The number of carbonyl (C=O) groups is 1. The Kier molecular flexibility index (Phi) is 5.20. The number of piperidine rings is 1. The second-order valence-corrected chi connectivity index (χ2v) is 8.74. The van der Waals surface area contributed by atoms with Crippen molar-refractivity contribution >= 4 is 21.6 Å². The Bertz CT molecular complexity index is 926. The zero-order valence-electron chi connectivity index (χ0n) is 15.4. The number of hydrogen-bond acceptors (Lipinski definition) is 3. The van der Waals surface area contributed by atoms with Gasteiger partial charge < -0.3 is 10.3 Å². The smallest absolute Gasteiger partial charge is 0.272 e. The van der Waals surface area contributed by atoms with Crippen LogP contribution in [0.15, 0.2) is 29.2 Å². The van der Waals surface area contributed by atoms with Crippen LogP contribution in [0.1, 0.15) is 46.6 Å². The maximum atomic E-state index is 13.0. The molecule has 6 nitrogen and oxygen atoms in total. The standard InChI is InChI=1S/C19H25N3O3S/c1-13-8-7-9-16(12-13)21-19(23)17-14(2)18(15(3)20-17)26(24,25)22-10-5-4-6-11-22/h7-9,12,20H,4-6,10-11H2,1-3H3,(H,21,23). The molecular formula is C19H25N3O3S. The summed E-state index contributed by atoms with van der Waals surface area (Å²) >= 11 is 0. The van der Waals surface area contributed by atoms with Crippen LogP contribution in [0.2, 0.25) is 0 Å². The van der Waals surface area contributed by atoms with Crippen molar-refractivity contribution in [3.63, 3.8) is 0 Å². The molecule has 1 aromatic heterocycles. The molecule has 1 aliphatic rings. The molecule has 0 atom stereocenters. The van der Waals surface area contributed by atoms with Crippen LogP contribution in [0.4, 0.5) is 5.69 Å². The van der Waals surface area contributed by atoms with E-state index in [2.05, 4.69) is 10.3 Å². The number of aromatic nitrogens is 1. The van der Waals surface area contributed by atoms with Gasteiger partial charge in [0, 0.05) is 24.5 Å². The molecule has 0 spiro atoms. The van der Waals surface area contributed by atoms with Crippen LogP contribution in [0.5, 0.6) is 0 Å². The molecule has 2 heterocycles. The molecule has 2 aromatic rings. The van der Waals surface area contributed by atoms with Gasteiger partial charge in [0.15, 0.2) is 0 Å². The topological polar surface area (TPSA) is 82.3 Å². The molecule has 7 heteroatoms. The summed E-state index contributed by atoms with van der Waals surface area (Å²) in [7, 11) is -3.59. The highest BCUT2D eigenvalue weighted by atomic mass is 32.2. The minimum atomic E-state index is -3.59. The van der Waals surface area contributed by atoms with Crippen LogP contribution in [0.25, 0.3) is 0 Å². The van der Waals surface area contributed by atoms with Gasteiger partial charge in [0.05, 0.1) is 0 Å². The molecular weight excluding hydrogens is 350 g/mol. The van der Waals surface area contributed by atoms with Crippen molar-refractivity contribution in [3.05, 3.63) is 46.8 Å². The third-order valence-electron chi connectivity index (χ3n) is 4.78. The highest BCUT2D eigenvalue weighted by Crippen LogP contribution is 2.28. The summed E-state index contributed by atoms with van der Waals surface area (Å²) in [5.41, 5.74) is 2.98. The predicted molar refractivity (Wildman–Crippen MR) is 102 cm³/mol. The van der Waals surface area contributed by atoms with E-state index in [4.69, 9.17) is 0 Å². The van der Waals surface area contributed by atoms with E-state index in [1.54, 1.807) is 19.9 Å². The SMILES string of the molecule is Cc1cccc(NC(=O)c2[nH]c(C)c(S(=O)(=O)N3CCCCC3)c2C)c1. The largest absolute Gasteiger partial charge is 0.353 e. The lowest BCUT2D eigenvalue weighted by Crippen LogP contribution is -2.36. The molecule has 0 radical (unpaired) electrons. The molecule has 140 valence electrons. The van der Waals surface area contributed by atoms with Gasteiger partial charge in [-0.1, -0.05) is 18.6 Å². The summed E-state index contributed by atoms with van der Waals surface area (Å²) in [4.78, 5) is 15.9. The van der Waals surface area contributed by atoms with Crippen LogP contribution in [0.3, 0.4) is 0 Å². The van der Waals surface area contributed by atoms with E-state index in [-0.39, 0.29) is 10.8 Å². The summed E-state index contributed by atoms with van der Waals surface area (Å²) in [6, 6.07) is 7.49. The zero-order chi connectivity index (χ0) is 18.9. The Labute approximate surface area is 154 Å². The van der Waals surface area contributed by atoms with Crippen molar-refractivity contribution in [1.82, 2.24) is 9.29 Å². The lowest BCUT2D eigenvalue weighted by Gasteiger charge is -2.26. The minimum absolute atomic E-state index is 0.230. The van der Waals surface area contributed by atoms with Gasteiger partial charge >= 0.3 is 0 Å². The van der Waals surface area contributed by atoms with Gasteiger partial charge in [-0.2, -0.15) is 4.31 Å². The molecule has 0 unspecified atom stereocenters. The number of benzene rings is 1. The summed E-state index contributed by atoms with van der Waals surface area (Å²) in [5, 5.41) is 2.83. The summed E-state index contributed by atoms with van der Waals surface area (Å²) in [6.45, 7) is 6.41. The van der Waals surface area contributed by atoms with E-state index in [9.17, 15) is 13.2 Å². The van der Waals surface area contributed by atoms with E-state index < -0.39 is 10.0 Å². The van der Waals surface area contributed by atoms with Gasteiger partial charge in [0.25, 0.3) is 5.91 Å². The Morgan fingerprint density at radius 2 is 1.81 bits per heavy atom. The number of aromatic amines is 1. The highest BCUT2D eigenvalue weighted by Gasteiger charge is 2.32. The minimum Gasteiger partial charge on any atom is -0.353 e. The first-order valence-electron chi connectivity index (χ1n) is 8.88. The van der Waals surface area contributed by atoms with Crippen LogP contribution in [-0.4, -0.2) is 36.7 Å². The van der Waals surface area contributed by atoms with Crippen molar-refractivity contribution in [2.24, 2.45) is 0 Å². The number of nitrogens with one attached hydrogen (secondary N) is 2. The normalized spacial score (nSPS) is 15.8. The van der Waals surface area contributed by atoms with Gasteiger partial charge in [0.1, 0.15) is 10.6 Å². The molecule has 0 saturated carbocycles. The summed E-state index contributed by atoms with van der Waals surface area (Å²) in [5.74, 6) is -0.337. The third kappa shape index (κ3) is 3.54. The number of carbonyl (C=O) groups excluding carboxylic acids is 1. The number of amides is 1. The Hall–Kier alpha value is -2.12. The van der Waals surface area contributed by atoms with E-state index in [0.717, 1.165) is 24.8 Å². The van der Waals surface area contributed by atoms with Gasteiger partial charge in [0.2, 0.25) is 10.0 Å². The number of H-pyrrole nitrogens is 1. The quantitative estimate of drug-likeness (QED) is 0.859. The van der Waals surface area contributed by atoms with Crippen LogP contribution < -0.4 is 5.32 Å². The molecule has 1 fully saturated rings. The number of sulfonamides is 1. The van der Waals surface area contributed by atoms with Crippen molar-refractivity contribution in [2.45, 2.75) is 44.9 Å². The summed E-state index contributed by atoms with van der Waals surface area (Å²) in [6.07, 6.45) is 2.81. The monoisotopic (exact) mass is 375 g/mol. The van der Waals surface area contributed by atoms with Gasteiger partial charge in [-0.3, -0.25) is 4.79 Å². The fourth-order valence-corrected chi connectivity index (χ4v) is 5.42. The van der Waals surface area contributed by atoms with E-state index in [0.29, 0.717) is 35.7 Å². The van der Waals surface area contributed by atoms with Crippen molar-refractivity contribution in [3.8, 4) is 0 Å². The molecule has 0 aliphatic carbocycles. The average molecular weight is 375 g/mol. The number of nitrogens with zero attached hydrogens (tertiary/aromatic N) is 1. The Morgan fingerprint density at radius 3 is 2.46 bits per heavy atom. The van der Waals surface area contributed by atoms with Crippen LogP contribution >= 0.6 is 0 Å². The molecule has 26 heavy (non-hydrogen) atoms. The highest BCUT2D eigenvalue weighted by molar-refractivity contribution is 7.89. The molecule has 1 saturated heterocycles. The van der Waals surface area contributed by atoms with E-state index in [1.165, 1.54) is 4.31 Å². The lowest BCUT2D eigenvalue weighted by molar-refractivity contribution is 0.102. The van der Waals surface area contributed by atoms with E-state index >= 15 is 0 Å². The Morgan fingerprint density at radius 1 is 1.12 bits per heavy atom. The van der Waals surface area contributed by atoms with Gasteiger partial charge in [-0.15, -0.1) is 0 Å². The molecule has 2 N–H and O–H groups in total. The van der Waals surface area contributed by atoms with Gasteiger partial charge in [-0.05, 0) is 56.9 Å². The maximum Gasteiger partial charge on any atom is 0.272 e. The predicted octanol–water partition coefficient (Wildman–Crippen LogP) is 3.37. The fraction of sp³-hybridized carbons (Fsp3) is 0.421. The number of anilines is 1. The lowest BCUT2D eigenvalue weighted by atomic mass is 10.2. The third-order valence-corrected chi connectivity index (χ3v) is 6.96. The average Bonchev–Trinajstić information content (AvgIpc) is 2.91. The molecule has 1 aliphatic heterocycles. The van der Waals surface area contributed by atoms with E-state index in [1.807, 2.05) is 25.1 Å². The first kappa shape index (κ1) is 18.7. The number of aryl methyl sites for hydroxylation is 2. The fourth-order valence-electron chi connectivity index (χ4n) is 3.50. The van der Waals surface area contributed by atoms with Crippen LogP contribution in [0, 0.1) is 20.8 Å². The van der Waals surface area contributed by atoms with Crippen molar-refractivity contribution < 1.29 is 13.2 Å². The second-order valence-electron chi connectivity index (χ2n) is 6.87.